The molecular weight excluding hydrogens is 501 g/mol. The first-order chi connectivity index (χ1) is 18.2. The molecule has 0 radical (unpaired) electrons. The van der Waals surface area contributed by atoms with Crippen LogP contribution in [0.15, 0.2) is 65.6 Å². The molecule has 4 aromatic rings. The van der Waals surface area contributed by atoms with Gasteiger partial charge in [0, 0.05) is 6.61 Å². The molecule has 0 spiro atoms. The fourth-order valence-electron chi connectivity index (χ4n) is 4.47. The predicted octanol–water partition coefficient (Wildman–Crippen LogP) is 4.04. The fraction of sp³-hybridized carbons (Fsp3) is 0.231. The van der Waals surface area contributed by atoms with Gasteiger partial charge < -0.3 is 10.1 Å². The lowest BCUT2D eigenvalue weighted by Gasteiger charge is -2.14. The van der Waals surface area contributed by atoms with Crippen molar-refractivity contribution in [1.82, 2.24) is 24.2 Å². The number of alkyl halides is 3. The Morgan fingerprint density at radius 2 is 1.92 bits per heavy atom. The average Bonchev–Trinajstić information content (AvgIpc) is 3.63. The molecular formula is C26H21F3N6O3. The highest BCUT2D eigenvalue weighted by Crippen LogP contribution is 2.32. The summed E-state index contributed by atoms with van der Waals surface area (Å²) in [5.41, 5.74) is -0.0559. The summed E-state index contributed by atoms with van der Waals surface area (Å²) in [5.74, 6) is 0. The van der Waals surface area contributed by atoms with E-state index >= 15 is 0 Å². The molecule has 1 atom stereocenters. The normalized spacial score (nSPS) is 15.4. The number of nitriles is 1. The van der Waals surface area contributed by atoms with Gasteiger partial charge in [0.2, 0.25) is 0 Å². The Bertz CT molecular complexity index is 1600. The van der Waals surface area contributed by atoms with Gasteiger partial charge in [-0.05, 0) is 61.9 Å². The summed E-state index contributed by atoms with van der Waals surface area (Å²) in [6, 6.07) is 13.5. The number of amides is 1. The van der Waals surface area contributed by atoms with E-state index in [1.165, 1.54) is 23.0 Å². The molecule has 12 heteroatoms. The van der Waals surface area contributed by atoms with Gasteiger partial charge in [0.25, 0.3) is 0 Å². The predicted molar refractivity (Wildman–Crippen MR) is 130 cm³/mol. The van der Waals surface area contributed by atoms with Crippen LogP contribution in [0.3, 0.4) is 0 Å². The summed E-state index contributed by atoms with van der Waals surface area (Å²) in [6.45, 7) is 2.30. The van der Waals surface area contributed by atoms with Crippen LogP contribution in [-0.2, 0) is 10.9 Å². The minimum absolute atomic E-state index is 0.0382. The summed E-state index contributed by atoms with van der Waals surface area (Å²) in [7, 11) is 0. The second kappa shape index (κ2) is 9.68. The molecule has 194 valence electrons. The van der Waals surface area contributed by atoms with E-state index in [-0.39, 0.29) is 29.7 Å². The first-order valence-electron chi connectivity index (χ1n) is 11.6. The quantitative estimate of drug-likeness (QED) is 0.436. The minimum atomic E-state index is -4.62. The van der Waals surface area contributed by atoms with Crippen molar-refractivity contribution in [3.63, 3.8) is 0 Å². The molecule has 0 aliphatic carbocycles. The Morgan fingerprint density at radius 3 is 2.58 bits per heavy atom. The van der Waals surface area contributed by atoms with Crippen molar-refractivity contribution in [2.45, 2.75) is 25.6 Å². The minimum Gasteiger partial charge on any atom is -0.379 e. The second-order valence-electron chi connectivity index (χ2n) is 8.73. The van der Waals surface area contributed by atoms with E-state index in [9.17, 15) is 22.8 Å². The standard InChI is InChI=1S/C26H21F3N6O3/c1-16-23(22-9-11-31-35(22)20-7-5-17(14-30)6-8-20)34(24(36)32-19-10-12-38-15-19)25(37)33(16)21-4-2-3-18(13-21)26(27,28)29/h2-9,11,13,19H,10,12,15H2,1H3,(H,32,36)/t19-/m1/s1. The highest BCUT2D eigenvalue weighted by atomic mass is 19.4. The number of nitrogens with zero attached hydrogens (tertiary/aromatic N) is 5. The fourth-order valence-corrected chi connectivity index (χ4v) is 4.47. The molecule has 0 bridgehead atoms. The van der Waals surface area contributed by atoms with Crippen molar-refractivity contribution in [3.05, 3.63) is 88.1 Å². The Balaban J connectivity index is 1.71. The number of benzene rings is 2. The number of nitrogens with one attached hydrogen (secondary N) is 1. The molecule has 1 aliphatic heterocycles. The average molecular weight is 522 g/mol. The van der Waals surface area contributed by atoms with E-state index in [0.717, 1.165) is 21.3 Å². The lowest BCUT2D eigenvalue weighted by Crippen LogP contribution is -2.42. The molecule has 2 aromatic carbocycles. The van der Waals surface area contributed by atoms with Gasteiger partial charge in [-0.3, -0.25) is 4.57 Å². The van der Waals surface area contributed by atoms with Gasteiger partial charge in [0.15, 0.2) is 0 Å². The van der Waals surface area contributed by atoms with Crippen molar-refractivity contribution in [2.75, 3.05) is 13.2 Å². The van der Waals surface area contributed by atoms with Gasteiger partial charge in [-0.1, -0.05) is 6.07 Å². The maximum atomic E-state index is 13.7. The van der Waals surface area contributed by atoms with Crippen LogP contribution in [0.4, 0.5) is 18.0 Å². The van der Waals surface area contributed by atoms with Gasteiger partial charge >= 0.3 is 17.9 Å². The Kier molecular flexibility index (Phi) is 6.38. The Hall–Kier alpha value is -4.63. The van der Waals surface area contributed by atoms with E-state index in [2.05, 4.69) is 10.4 Å². The molecule has 1 aliphatic rings. The topological polar surface area (TPSA) is 107 Å². The van der Waals surface area contributed by atoms with Gasteiger partial charge in [-0.25, -0.2) is 18.8 Å². The zero-order valence-electron chi connectivity index (χ0n) is 20.1. The van der Waals surface area contributed by atoms with Crippen molar-refractivity contribution in [2.24, 2.45) is 0 Å². The first-order valence-corrected chi connectivity index (χ1v) is 11.6. The maximum absolute atomic E-state index is 13.7. The summed E-state index contributed by atoms with van der Waals surface area (Å²) in [4.78, 5) is 27.1. The summed E-state index contributed by atoms with van der Waals surface area (Å²) >= 11 is 0. The number of rotatable bonds is 4. The molecule has 0 unspecified atom stereocenters. The third-order valence-corrected chi connectivity index (χ3v) is 6.30. The zero-order chi connectivity index (χ0) is 27.0. The van der Waals surface area contributed by atoms with Gasteiger partial charge in [-0.2, -0.15) is 23.5 Å². The SMILES string of the molecule is Cc1c(-c2ccnn2-c2ccc(C#N)cc2)n(C(=O)N[C@@H]2CCOC2)c(=O)n1-c1cccc(C(F)(F)F)c1. The van der Waals surface area contributed by atoms with E-state index in [0.29, 0.717) is 30.0 Å². The van der Waals surface area contributed by atoms with Crippen LogP contribution in [0.25, 0.3) is 22.8 Å². The van der Waals surface area contributed by atoms with Crippen molar-refractivity contribution in [1.29, 1.82) is 5.26 Å². The number of halogens is 3. The smallest absolute Gasteiger partial charge is 0.379 e. The van der Waals surface area contributed by atoms with Gasteiger partial charge in [-0.15, -0.1) is 0 Å². The van der Waals surface area contributed by atoms with Crippen LogP contribution in [0, 0.1) is 18.3 Å². The molecule has 1 saturated heterocycles. The van der Waals surface area contributed by atoms with E-state index in [1.807, 2.05) is 6.07 Å². The molecule has 9 nitrogen and oxygen atoms in total. The third kappa shape index (κ3) is 4.48. The van der Waals surface area contributed by atoms with Crippen LogP contribution in [-0.4, -0.2) is 44.2 Å². The number of aromatic nitrogens is 4. The molecule has 2 aromatic heterocycles. The molecule has 5 rings (SSSR count). The lowest BCUT2D eigenvalue weighted by molar-refractivity contribution is -0.137. The Labute approximate surface area is 214 Å². The van der Waals surface area contributed by atoms with E-state index < -0.39 is 23.5 Å². The molecule has 1 N–H and O–H groups in total. The summed E-state index contributed by atoms with van der Waals surface area (Å²) < 4.78 is 49.1. The van der Waals surface area contributed by atoms with Crippen molar-refractivity contribution in [3.8, 4) is 28.8 Å². The lowest BCUT2D eigenvalue weighted by atomic mass is 10.2. The Morgan fingerprint density at radius 1 is 1.16 bits per heavy atom. The monoisotopic (exact) mass is 522 g/mol. The highest BCUT2D eigenvalue weighted by Gasteiger charge is 2.32. The van der Waals surface area contributed by atoms with E-state index in [1.54, 1.807) is 37.3 Å². The van der Waals surface area contributed by atoms with Gasteiger partial charge in [0.05, 0.1) is 58.8 Å². The van der Waals surface area contributed by atoms with Gasteiger partial charge in [0.1, 0.15) is 5.69 Å². The van der Waals surface area contributed by atoms with E-state index in [4.69, 9.17) is 10.00 Å². The molecule has 1 fully saturated rings. The highest BCUT2D eigenvalue weighted by molar-refractivity contribution is 5.83. The van der Waals surface area contributed by atoms with Crippen molar-refractivity contribution >= 4 is 6.03 Å². The maximum Gasteiger partial charge on any atom is 0.416 e. The summed E-state index contributed by atoms with van der Waals surface area (Å²) in [5, 5.41) is 16.2. The van der Waals surface area contributed by atoms with Crippen LogP contribution in [0.5, 0.6) is 0 Å². The van der Waals surface area contributed by atoms with Crippen LogP contribution in [0.2, 0.25) is 0 Å². The third-order valence-electron chi connectivity index (χ3n) is 6.30. The number of hydrogen-bond donors (Lipinski definition) is 1. The van der Waals surface area contributed by atoms with Crippen LogP contribution < -0.4 is 11.0 Å². The summed E-state index contributed by atoms with van der Waals surface area (Å²) in [6.07, 6.45) is -2.58. The molecule has 38 heavy (non-hydrogen) atoms. The van der Waals surface area contributed by atoms with Crippen LogP contribution in [0.1, 0.15) is 23.2 Å². The largest absolute Gasteiger partial charge is 0.416 e. The van der Waals surface area contributed by atoms with Crippen LogP contribution >= 0.6 is 0 Å². The zero-order valence-corrected chi connectivity index (χ0v) is 20.1. The second-order valence-corrected chi connectivity index (χ2v) is 8.73. The number of hydrogen-bond acceptors (Lipinski definition) is 5. The molecule has 3 heterocycles. The number of ether oxygens (including phenoxy) is 1. The molecule has 0 saturated carbocycles. The number of carbonyl (C=O) groups is 1. The number of carbonyl (C=O) groups excluding carboxylic acids is 1. The van der Waals surface area contributed by atoms with Crippen molar-refractivity contribution < 1.29 is 22.7 Å². The number of imidazole rings is 1. The molecule has 1 amide bonds. The first kappa shape index (κ1) is 25.0.